The lowest BCUT2D eigenvalue weighted by Gasteiger charge is -2.31. The second kappa shape index (κ2) is 7.87. The highest BCUT2D eigenvalue weighted by molar-refractivity contribution is 7.81. The lowest BCUT2D eigenvalue weighted by atomic mass is 10.1. The standard InChI is InChI=1S/C15H24N4O4S/c1-9(13(16)21)17-14(22)10-4-2-7-19(10)15(23)11-5-3-6-18(11)12(20)8-24/h9-11,24H,2-8H2,1H3,(H2,16,21)(H,17,22). The molecule has 0 aromatic carbocycles. The third-order valence-electron chi connectivity index (χ3n) is 4.62. The highest BCUT2D eigenvalue weighted by atomic mass is 32.1. The van der Waals surface area contributed by atoms with Gasteiger partial charge in [-0.3, -0.25) is 19.2 Å². The van der Waals surface area contributed by atoms with Crippen LogP contribution in [0.25, 0.3) is 0 Å². The minimum absolute atomic E-state index is 0.0593. The summed E-state index contributed by atoms with van der Waals surface area (Å²) in [4.78, 5) is 51.3. The monoisotopic (exact) mass is 356 g/mol. The maximum atomic E-state index is 12.8. The zero-order chi connectivity index (χ0) is 17.9. The van der Waals surface area contributed by atoms with E-state index in [2.05, 4.69) is 17.9 Å². The first-order valence-corrected chi connectivity index (χ1v) is 8.80. The van der Waals surface area contributed by atoms with Crippen LogP contribution in [-0.2, 0) is 19.2 Å². The Balaban J connectivity index is 2.06. The summed E-state index contributed by atoms with van der Waals surface area (Å²) >= 11 is 3.99. The van der Waals surface area contributed by atoms with Gasteiger partial charge in [-0.25, -0.2) is 0 Å². The van der Waals surface area contributed by atoms with E-state index >= 15 is 0 Å². The van der Waals surface area contributed by atoms with Gasteiger partial charge in [0.2, 0.25) is 23.6 Å². The molecule has 3 unspecified atom stereocenters. The topological polar surface area (TPSA) is 113 Å². The number of nitrogens with two attached hydrogens (primary N) is 1. The predicted octanol–water partition coefficient (Wildman–Crippen LogP) is -1.11. The molecule has 4 amide bonds. The van der Waals surface area contributed by atoms with Crippen LogP contribution >= 0.6 is 12.6 Å². The number of carbonyl (C=O) groups is 4. The van der Waals surface area contributed by atoms with Crippen molar-refractivity contribution in [3.05, 3.63) is 0 Å². The molecule has 2 rings (SSSR count). The van der Waals surface area contributed by atoms with Gasteiger partial charge in [-0.15, -0.1) is 0 Å². The largest absolute Gasteiger partial charge is 0.368 e. The molecule has 0 saturated carbocycles. The molecular formula is C15H24N4O4S. The molecule has 2 saturated heterocycles. The molecule has 8 nitrogen and oxygen atoms in total. The van der Waals surface area contributed by atoms with E-state index in [-0.39, 0.29) is 23.5 Å². The molecular weight excluding hydrogens is 332 g/mol. The average molecular weight is 356 g/mol. The van der Waals surface area contributed by atoms with Crippen LogP contribution in [0.15, 0.2) is 0 Å². The smallest absolute Gasteiger partial charge is 0.246 e. The van der Waals surface area contributed by atoms with E-state index in [0.717, 1.165) is 6.42 Å². The Labute approximate surface area is 146 Å². The minimum atomic E-state index is -0.788. The number of likely N-dealkylation sites (tertiary alicyclic amines) is 2. The Hall–Kier alpha value is -1.77. The normalized spacial score (nSPS) is 24.8. The number of nitrogens with zero attached hydrogens (tertiary/aromatic N) is 2. The van der Waals surface area contributed by atoms with Gasteiger partial charge in [0.1, 0.15) is 18.1 Å². The van der Waals surface area contributed by atoms with Crippen molar-refractivity contribution in [2.24, 2.45) is 5.73 Å². The number of primary amides is 1. The zero-order valence-electron chi connectivity index (χ0n) is 13.7. The molecule has 134 valence electrons. The van der Waals surface area contributed by atoms with Crippen molar-refractivity contribution in [3.63, 3.8) is 0 Å². The van der Waals surface area contributed by atoms with E-state index in [4.69, 9.17) is 5.73 Å². The van der Waals surface area contributed by atoms with Gasteiger partial charge in [0.05, 0.1) is 5.75 Å². The molecule has 24 heavy (non-hydrogen) atoms. The summed E-state index contributed by atoms with van der Waals surface area (Å²) in [5.74, 6) is -1.31. The van der Waals surface area contributed by atoms with Crippen LogP contribution < -0.4 is 11.1 Å². The van der Waals surface area contributed by atoms with Crippen molar-refractivity contribution in [3.8, 4) is 0 Å². The first kappa shape index (κ1) is 18.6. The number of rotatable bonds is 5. The molecule has 2 aliphatic rings. The number of amides is 4. The molecule has 3 atom stereocenters. The van der Waals surface area contributed by atoms with Gasteiger partial charge in [-0.1, -0.05) is 0 Å². The Kier molecular flexibility index (Phi) is 6.09. The van der Waals surface area contributed by atoms with E-state index in [0.29, 0.717) is 32.4 Å². The van der Waals surface area contributed by atoms with Crippen molar-refractivity contribution in [2.45, 2.75) is 50.7 Å². The summed E-state index contributed by atoms with van der Waals surface area (Å²) in [6.07, 6.45) is 2.61. The second-order valence-corrected chi connectivity index (χ2v) is 6.54. The second-order valence-electron chi connectivity index (χ2n) is 6.23. The fourth-order valence-electron chi connectivity index (χ4n) is 3.29. The first-order valence-electron chi connectivity index (χ1n) is 8.17. The number of hydrogen-bond acceptors (Lipinski definition) is 5. The van der Waals surface area contributed by atoms with E-state index in [1.165, 1.54) is 11.8 Å². The maximum Gasteiger partial charge on any atom is 0.246 e. The molecule has 0 aliphatic carbocycles. The van der Waals surface area contributed by atoms with Gasteiger partial charge in [0, 0.05) is 13.1 Å². The van der Waals surface area contributed by atoms with Crippen LogP contribution in [0.2, 0.25) is 0 Å². The summed E-state index contributed by atoms with van der Waals surface area (Å²) in [7, 11) is 0. The van der Waals surface area contributed by atoms with Crippen LogP contribution in [0.5, 0.6) is 0 Å². The zero-order valence-corrected chi connectivity index (χ0v) is 14.6. The van der Waals surface area contributed by atoms with Gasteiger partial charge in [-0.2, -0.15) is 12.6 Å². The van der Waals surface area contributed by atoms with Crippen molar-refractivity contribution in [1.29, 1.82) is 0 Å². The molecule has 2 fully saturated rings. The quantitative estimate of drug-likeness (QED) is 0.542. The molecule has 9 heteroatoms. The summed E-state index contributed by atoms with van der Waals surface area (Å²) in [5.41, 5.74) is 5.16. The fraction of sp³-hybridized carbons (Fsp3) is 0.733. The van der Waals surface area contributed by atoms with Crippen molar-refractivity contribution < 1.29 is 19.2 Å². The summed E-state index contributed by atoms with van der Waals surface area (Å²) < 4.78 is 0. The third-order valence-corrected chi connectivity index (χ3v) is 4.89. The summed E-state index contributed by atoms with van der Waals surface area (Å²) in [6.45, 7) is 2.52. The first-order chi connectivity index (χ1) is 11.4. The van der Waals surface area contributed by atoms with Gasteiger partial charge in [0.25, 0.3) is 0 Å². The average Bonchev–Trinajstić information content (AvgIpc) is 3.22. The number of carbonyl (C=O) groups excluding carboxylic acids is 4. The minimum Gasteiger partial charge on any atom is -0.368 e. The van der Waals surface area contributed by atoms with E-state index in [1.807, 2.05) is 0 Å². The van der Waals surface area contributed by atoms with Gasteiger partial charge in [-0.05, 0) is 32.6 Å². The maximum absolute atomic E-state index is 12.8. The Morgan fingerprint density at radius 3 is 2.29 bits per heavy atom. The molecule has 0 aromatic rings. The molecule has 2 aliphatic heterocycles. The molecule has 0 bridgehead atoms. The number of thiol groups is 1. The molecule has 0 spiro atoms. The molecule has 0 aromatic heterocycles. The van der Waals surface area contributed by atoms with E-state index < -0.39 is 24.0 Å². The van der Waals surface area contributed by atoms with Gasteiger partial charge in [0.15, 0.2) is 0 Å². The van der Waals surface area contributed by atoms with E-state index in [9.17, 15) is 19.2 Å². The van der Waals surface area contributed by atoms with Gasteiger partial charge < -0.3 is 20.9 Å². The lowest BCUT2D eigenvalue weighted by molar-refractivity contribution is -0.146. The van der Waals surface area contributed by atoms with E-state index in [1.54, 1.807) is 4.90 Å². The molecule has 3 N–H and O–H groups in total. The van der Waals surface area contributed by atoms with Crippen LogP contribution in [0.3, 0.4) is 0 Å². The SMILES string of the molecule is CC(NC(=O)C1CCCN1C(=O)C1CCCN1C(=O)CS)C(N)=O. The van der Waals surface area contributed by atoms with Crippen molar-refractivity contribution in [1.82, 2.24) is 15.1 Å². The van der Waals surface area contributed by atoms with Crippen molar-refractivity contribution >= 4 is 36.3 Å². The highest BCUT2D eigenvalue weighted by Crippen LogP contribution is 2.25. The Bertz CT molecular complexity index is 542. The van der Waals surface area contributed by atoms with Crippen LogP contribution in [0.4, 0.5) is 0 Å². The number of hydrogen-bond donors (Lipinski definition) is 3. The Morgan fingerprint density at radius 1 is 1.12 bits per heavy atom. The highest BCUT2D eigenvalue weighted by Gasteiger charge is 2.42. The predicted molar refractivity (Wildman–Crippen MR) is 90.1 cm³/mol. The Morgan fingerprint density at radius 2 is 1.71 bits per heavy atom. The lowest BCUT2D eigenvalue weighted by Crippen LogP contribution is -2.55. The van der Waals surface area contributed by atoms with Crippen molar-refractivity contribution in [2.75, 3.05) is 18.8 Å². The van der Waals surface area contributed by atoms with Crippen LogP contribution in [0, 0.1) is 0 Å². The summed E-state index contributed by atoms with van der Waals surface area (Å²) in [6, 6.07) is -1.93. The van der Waals surface area contributed by atoms with Gasteiger partial charge >= 0.3 is 0 Å². The third kappa shape index (κ3) is 3.82. The van der Waals surface area contributed by atoms with Crippen LogP contribution in [-0.4, -0.2) is 70.4 Å². The molecule has 0 radical (unpaired) electrons. The van der Waals surface area contributed by atoms with Crippen LogP contribution in [0.1, 0.15) is 32.6 Å². The summed E-state index contributed by atoms with van der Waals surface area (Å²) in [5, 5.41) is 2.54. The molecule has 2 heterocycles. The fourth-order valence-corrected chi connectivity index (χ4v) is 3.47. The number of nitrogens with one attached hydrogen (secondary N) is 1.